The lowest BCUT2D eigenvalue weighted by molar-refractivity contribution is 0.138. The summed E-state index contributed by atoms with van der Waals surface area (Å²) in [5, 5.41) is 12.9. The minimum absolute atomic E-state index is 0.135. The first-order chi connectivity index (χ1) is 8.15. The summed E-state index contributed by atoms with van der Waals surface area (Å²) in [5.41, 5.74) is 0.373. The summed E-state index contributed by atoms with van der Waals surface area (Å²) in [4.78, 5) is 0. The molecule has 1 aromatic heterocycles. The number of hydrogen-bond acceptors (Lipinski definition) is 2. The summed E-state index contributed by atoms with van der Waals surface area (Å²) >= 11 is 3.28. The van der Waals surface area contributed by atoms with E-state index < -0.39 is 13.0 Å². The van der Waals surface area contributed by atoms with E-state index in [4.69, 9.17) is 5.11 Å². The monoisotopic (exact) mass is 302 g/mol. The molecular weight excluding hydrogens is 294 g/mol. The first-order valence-electron chi connectivity index (χ1n) is 4.86. The average Bonchev–Trinajstić information content (AvgIpc) is 2.73. The first-order valence-corrected chi connectivity index (χ1v) is 5.65. The minimum Gasteiger partial charge on any atom is -0.392 e. The Morgan fingerprint density at radius 1 is 1.35 bits per heavy atom. The number of para-hydroxylation sites is 1. The maximum atomic E-state index is 12.9. The molecule has 90 valence electrons. The molecule has 0 aliphatic carbocycles. The van der Waals surface area contributed by atoms with Crippen molar-refractivity contribution in [1.29, 1.82) is 0 Å². The standard InChI is InChI=1S/C11H9BrF2N2O/c12-8-3-1-2-4-9(8)16-10(11(13)14)7(6-17)5-15-16/h1-5,11,17H,6H2. The predicted octanol–water partition coefficient (Wildman–Crippen LogP) is 3.06. The minimum atomic E-state index is -2.69. The molecule has 0 aliphatic rings. The van der Waals surface area contributed by atoms with E-state index in [9.17, 15) is 8.78 Å². The molecule has 0 unspecified atom stereocenters. The summed E-state index contributed by atoms with van der Waals surface area (Å²) in [6.45, 7) is -0.454. The van der Waals surface area contributed by atoms with E-state index in [-0.39, 0.29) is 11.3 Å². The van der Waals surface area contributed by atoms with E-state index in [1.807, 2.05) is 0 Å². The molecule has 0 radical (unpaired) electrons. The molecule has 0 saturated heterocycles. The number of nitrogens with zero attached hydrogens (tertiary/aromatic N) is 2. The Morgan fingerprint density at radius 2 is 2.06 bits per heavy atom. The van der Waals surface area contributed by atoms with Gasteiger partial charge in [0, 0.05) is 10.0 Å². The fourth-order valence-electron chi connectivity index (χ4n) is 1.56. The first kappa shape index (κ1) is 12.2. The van der Waals surface area contributed by atoms with Crippen LogP contribution in [0.3, 0.4) is 0 Å². The Morgan fingerprint density at radius 3 is 2.65 bits per heavy atom. The molecule has 1 heterocycles. The van der Waals surface area contributed by atoms with Crippen LogP contribution in [-0.4, -0.2) is 14.9 Å². The highest BCUT2D eigenvalue weighted by Gasteiger charge is 2.21. The second-order valence-corrected chi connectivity index (χ2v) is 4.23. The maximum Gasteiger partial charge on any atom is 0.280 e. The highest BCUT2D eigenvalue weighted by atomic mass is 79.9. The highest BCUT2D eigenvalue weighted by Crippen LogP contribution is 2.28. The van der Waals surface area contributed by atoms with Gasteiger partial charge in [-0.3, -0.25) is 0 Å². The molecule has 0 saturated carbocycles. The third-order valence-corrected chi connectivity index (χ3v) is 3.01. The van der Waals surface area contributed by atoms with Gasteiger partial charge in [-0.1, -0.05) is 12.1 Å². The Labute approximate surface area is 105 Å². The van der Waals surface area contributed by atoms with Gasteiger partial charge in [-0.2, -0.15) is 5.10 Å². The molecule has 3 nitrogen and oxygen atoms in total. The van der Waals surface area contributed by atoms with Crippen LogP contribution in [0.15, 0.2) is 34.9 Å². The molecule has 0 bridgehead atoms. The van der Waals surface area contributed by atoms with Crippen LogP contribution in [0, 0.1) is 0 Å². The van der Waals surface area contributed by atoms with Gasteiger partial charge in [0.2, 0.25) is 0 Å². The quantitative estimate of drug-likeness (QED) is 0.946. The van der Waals surface area contributed by atoms with Gasteiger partial charge in [0.15, 0.2) is 0 Å². The molecule has 0 amide bonds. The molecule has 1 aromatic carbocycles. The van der Waals surface area contributed by atoms with Crippen LogP contribution in [0.2, 0.25) is 0 Å². The topological polar surface area (TPSA) is 38.1 Å². The van der Waals surface area contributed by atoms with Crippen LogP contribution in [-0.2, 0) is 6.61 Å². The van der Waals surface area contributed by atoms with Crippen LogP contribution in [0.4, 0.5) is 8.78 Å². The van der Waals surface area contributed by atoms with Gasteiger partial charge < -0.3 is 5.11 Å². The fourth-order valence-corrected chi connectivity index (χ4v) is 2.01. The molecule has 0 fully saturated rings. The van der Waals surface area contributed by atoms with Crippen LogP contribution >= 0.6 is 15.9 Å². The smallest absolute Gasteiger partial charge is 0.280 e. The third-order valence-electron chi connectivity index (χ3n) is 2.34. The molecule has 2 rings (SSSR count). The highest BCUT2D eigenvalue weighted by molar-refractivity contribution is 9.10. The Balaban J connectivity index is 2.60. The lowest BCUT2D eigenvalue weighted by Crippen LogP contribution is -2.05. The average molecular weight is 303 g/mol. The van der Waals surface area contributed by atoms with Crippen LogP contribution in [0.25, 0.3) is 5.69 Å². The molecular formula is C11H9BrF2N2O. The molecule has 17 heavy (non-hydrogen) atoms. The summed E-state index contributed by atoms with van der Waals surface area (Å²) in [7, 11) is 0. The van der Waals surface area contributed by atoms with Gasteiger partial charge in [-0.15, -0.1) is 0 Å². The van der Waals surface area contributed by atoms with Crippen molar-refractivity contribution in [2.24, 2.45) is 0 Å². The lowest BCUT2D eigenvalue weighted by atomic mass is 10.2. The van der Waals surface area contributed by atoms with E-state index in [0.717, 1.165) is 4.68 Å². The van der Waals surface area contributed by atoms with Crippen LogP contribution < -0.4 is 0 Å². The largest absolute Gasteiger partial charge is 0.392 e. The number of benzene rings is 1. The predicted molar refractivity (Wildman–Crippen MR) is 62.1 cm³/mol. The third kappa shape index (κ3) is 2.23. The van der Waals surface area contributed by atoms with E-state index in [1.165, 1.54) is 6.20 Å². The second kappa shape index (κ2) is 4.93. The number of halogens is 3. The zero-order valence-corrected chi connectivity index (χ0v) is 10.2. The number of rotatable bonds is 3. The van der Waals surface area contributed by atoms with E-state index in [0.29, 0.717) is 10.2 Å². The van der Waals surface area contributed by atoms with Gasteiger partial charge in [-0.25, -0.2) is 13.5 Å². The second-order valence-electron chi connectivity index (χ2n) is 3.38. The molecule has 1 N–H and O–H groups in total. The van der Waals surface area contributed by atoms with E-state index >= 15 is 0 Å². The number of aliphatic hydroxyl groups excluding tert-OH is 1. The van der Waals surface area contributed by atoms with Crippen molar-refractivity contribution in [2.75, 3.05) is 0 Å². The number of aromatic nitrogens is 2. The van der Waals surface area contributed by atoms with Gasteiger partial charge in [0.25, 0.3) is 6.43 Å². The molecule has 0 atom stereocenters. The zero-order chi connectivity index (χ0) is 12.4. The van der Waals surface area contributed by atoms with Crippen LogP contribution in [0.1, 0.15) is 17.7 Å². The van der Waals surface area contributed by atoms with Crippen molar-refractivity contribution >= 4 is 15.9 Å². The lowest BCUT2D eigenvalue weighted by Gasteiger charge is -2.09. The molecule has 0 spiro atoms. The Hall–Kier alpha value is -1.27. The summed E-state index contributed by atoms with van der Waals surface area (Å²) in [6, 6.07) is 6.93. The number of alkyl halides is 2. The van der Waals surface area contributed by atoms with Crippen molar-refractivity contribution in [1.82, 2.24) is 9.78 Å². The normalized spacial score (nSPS) is 11.1. The Bertz CT molecular complexity index is 528. The SMILES string of the molecule is OCc1cnn(-c2ccccc2Br)c1C(F)F. The van der Waals surface area contributed by atoms with E-state index in [1.54, 1.807) is 24.3 Å². The van der Waals surface area contributed by atoms with Gasteiger partial charge >= 0.3 is 0 Å². The molecule has 0 aliphatic heterocycles. The fraction of sp³-hybridized carbons (Fsp3) is 0.182. The number of aliphatic hydroxyl groups is 1. The van der Waals surface area contributed by atoms with Crippen molar-refractivity contribution in [2.45, 2.75) is 13.0 Å². The molecule has 2 aromatic rings. The summed E-state index contributed by atoms with van der Waals surface area (Å²) in [5.74, 6) is 0. The van der Waals surface area contributed by atoms with Crippen LogP contribution in [0.5, 0.6) is 0 Å². The Kier molecular flexibility index (Phi) is 3.54. The van der Waals surface area contributed by atoms with E-state index in [2.05, 4.69) is 21.0 Å². The van der Waals surface area contributed by atoms with Gasteiger partial charge in [0.05, 0.1) is 18.5 Å². The van der Waals surface area contributed by atoms with Gasteiger partial charge in [0.1, 0.15) is 5.69 Å². The summed E-state index contributed by atoms with van der Waals surface area (Å²) < 4.78 is 27.7. The van der Waals surface area contributed by atoms with Crippen molar-refractivity contribution in [3.8, 4) is 5.69 Å². The van der Waals surface area contributed by atoms with Crippen molar-refractivity contribution < 1.29 is 13.9 Å². The maximum absolute atomic E-state index is 12.9. The van der Waals surface area contributed by atoms with Crippen molar-refractivity contribution in [3.63, 3.8) is 0 Å². The van der Waals surface area contributed by atoms with Crippen molar-refractivity contribution in [3.05, 3.63) is 46.2 Å². The number of hydrogen-bond donors (Lipinski definition) is 1. The molecule has 6 heteroatoms. The summed E-state index contributed by atoms with van der Waals surface area (Å²) in [6.07, 6.45) is -1.44. The zero-order valence-electron chi connectivity index (χ0n) is 8.65. The van der Waals surface area contributed by atoms with Gasteiger partial charge in [-0.05, 0) is 28.1 Å².